The first-order chi connectivity index (χ1) is 16.7. The molecule has 0 aliphatic rings. The van der Waals surface area contributed by atoms with E-state index in [4.69, 9.17) is 18.7 Å². The molecule has 0 spiro atoms. The lowest BCUT2D eigenvalue weighted by Gasteiger charge is -2.12. The Hall–Kier alpha value is -4.14. The second-order valence-corrected chi connectivity index (χ2v) is 7.28. The first-order valence-corrected chi connectivity index (χ1v) is 11.1. The molecule has 0 amide bonds. The van der Waals surface area contributed by atoms with Crippen LogP contribution in [0.5, 0.6) is 17.2 Å². The molecule has 176 valence electrons. The molecule has 4 aromatic rings. The van der Waals surface area contributed by atoms with Crippen LogP contribution in [-0.4, -0.2) is 47.2 Å². The first kappa shape index (κ1) is 23.0. The van der Waals surface area contributed by atoms with Crippen LogP contribution in [-0.2, 0) is 6.42 Å². The third-order valence-electron chi connectivity index (χ3n) is 4.99. The molecule has 2 aromatic carbocycles. The summed E-state index contributed by atoms with van der Waals surface area (Å²) in [5, 5.41) is 15.8. The normalized spacial score (nSPS) is 10.7. The second-order valence-electron chi connectivity index (χ2n) is 7.28. The lowest BCUT2D eigenvalue weighted by molar-refractivity contribution is 0.287. The molecule has 1 N–H and O–H groups in total. The van der Waals surface area contributed by atoms with Gasteiger partial charge in [-0.25, -0.2) is 0 Å². The highest BCUT2D eigenvalue weighted by Crippen LogP contribution is 2.29. The zero-order valence-corrected chi connectivity index (χ0v) is 19.4. The molecule has 0 radical (unpaired) electrons. The summed E-state index contributed by atoms with van der Waals surface area (Å²) in [4.78, 5) is 4.42. The van der Waals surface area contributed by atoms with Crippen LogP contribution in [0.4, 0.5) is 5.82 Å². The van der Waals surface area contributed by atoms with E-state index in [1.54, 1.807) is 13.2 Å². The smallest absolute Gasteiger partial charge is 0.278 e. The molecular weight excluding hydrogens is 434 g/mol. The summed E-state index contributed by atoms with van der Waals surface area (Å²) in [5.41, 5.74) is 2.47. The summed E-state index contributed by atoms with van der Waals surface area (Å²) >= 11 is 0. The van der Waals surface area contributed by atoms with Crippen molar-refractivity contribution in [2.75, 3.05) is 32.2 Å². The molecule has 9 nitrogen and oxygen atoms in total. The van der Waals surface area contributed by atoms with Crippen molar-refractivity contribution < 1.29 is 18.7 Å². The van der Waals surface area contributed by atoms with Gasteiger partial charge in [0, 0.05) is 12.1 Å². The maximum absolute atomic E-state index is 5.70. The standard InChI is InChI=1S/C25H27N5O4/c1-4-32-21-12-6-17(16-22(21)33-5-2)14-15-26-23-13-11-20(28-29-23)25-27-24(30-34-25)18-7-9-19(31-3)10-8-18/h6-13,16H,4-5,14-15H2,1-3H3,(H,26,29). The van der Waals surface area contributed by atoms with E-state index in [0.717, 1.165) is 34.8 Å². The van der Waals surface area contributed by atoms with E-state index in [1.807, 2.05) is 62.4 Å². The van der Waals surface area contributed by atoms with Crippen LogP contribution in [0.1, 0.15) is 19.4 Å². The van der Waals surface area contributed by atoms with Crippen LogP contribution in [0.15, 0.2) is 59.1 Å². The van der Waals surface area contributed by atoms with Gasteiger partial charge in [-0.05, 0) is 74.4 Å². The van der Waals surface area contributed by atoms with Crippen LogP contribution >= 0.6 is 0 Å². The Morgan fingerprint density at radius 1 is 0.882 bits per heavy atom. The van der Waals surface area contributed by atoms with Gasteiger partial charge >= 0.3 is 0 Å². The zero-order valence-electron chi connectivity index (χ0n) is 19.4. The van der Waals surface area contributed by atoms with E-state index >= 15 is 0 Å². The quantitative estimate of drug-likeness (QED) is 0.341. The van der Waals surface area contributed by atoms with E-state index < -0.39 is 0 Å². The fourth-order valence-corrected chi connectivity index (χ4v) is 3.31. The number of methoxy groups -OCH3 is 1. The minimum absolute atomic E-state index is 0.308. The Bertz CT molecular complexity index is 1190. The molecule has 0 fully saturated rings. The van der Waals surface area contributed by atoms with E-state index in [0.29, 0.717) is 43.0 Å². The highest BCUT2D eigenvalue weighted by molar-refractivity contribution is 5.59. The van der Waals surface area contributed by atoms with Crippen molar-refractivity contribution in [2.45, 2.75) is 20.3 Å². The van der Waals surface area contributed by atoms with Gasteiger partial charge in [0.2, 0.25) is 5.82 Å². The molecule has 34 heavy (non-hydrogen) atoms. The summed E-state index contributed by atoms with van der Waals surface area (Å²) < 4.78 is 21.9. The van der Waals surface area contributed by atoms with E-state index in [2.05, 4.69) is 25.7 Å². The summed E-state index contributed by atoms with van der Waals surface area (Å²) in [7, 11) is 1.62. The topological polar surface area (TPSA) is 104 Å². The maximum Gasteiger partial charge on any atom is 0.278 e. The number of nitrogens with zero attached hydrogens (tertiary/aromatic N) is 4. The number of ether oxygens (including phenoxy) is 3. The van der Waals surface area contributed by atoms with Gasteiger partial charge in [-0.3, -0.25) is 0 Å². The second kappa shape index (κ2) is 11.1. The maximum atomic E-state index is 5.70. The lowest BCUT2D eigenvalue weighted by Crippen LogP contribution is -2.07. The Kier molecular flexibility index (Phi) is 7.54. The van der Waals surface area contributed by atoms with Crippen LogP contribution in [0.3, 0.4) is 0 Å². The van der Waals surface area contributed by atoms with Crippen molar-refractivity contribution in [1.82, 2.24) is 20.3 Å². The SMILES string of the molecule is CCOc1ccc(CCNc2ccc(-c3nc(-c4ccc(OC)cc4)no3)nn2)cc1OCC. The summed E-state index contributed by atoms with van der Waals surface area (Å²) in [6.07, 6.45) is 0.796. The number of aromatic nitrogens is 4. The average Bonchev–Trinajstić information content (AvgIpc) is 3.37. The van der Waals surface area contributed by atoms with Crippen molar-refractivity contribution in [3.8, 4) is 40.2 Å². The monoisotopic (exact) mass is 461 g/mol. The van der Waals surface area contributed by atoms with Crippen molar-refractivity contribution in [3.63, 3.8) is 0 Å². The highest BCUT2D eigenvalue weighted by atomic mass is 16.5. The molecular formula is C25H27N5O4. The molecule has 4 rings (SSSR count). The van der Waals surface area contributed by atoms with E-state index in [9.17, 15) is 0 Å². The number of hydrogen-bond donors (Lipinski definition) is 1. The zero-order chi connectivity index (χ0) is 23.8. The molecule has 0 saturated carbocycles. The molecule has 2 heterocycles. The fourth-order valence-electron chi connectivity index (χ4n) is 3.31. The molecule has 0 aliphatic carbocycles. The predicted octanol–water partition coefficient (Wildman–Crippen LogP) is 4.65. The number of rotatable bonds is 11. The minimum atomic E-state index is 0.308. The van der Waals surface area contributed by atoms with Gasteiger partial charge in [0.25, 0.3) is 5.89 Å². The van der Waals surface area contributed by atoms with Gasteiger partial charge in [-0.15, -0.1) is 10.2 Å². The van der Waals surface area contributed by atoms with Gasteiger partial charge in [0.05, 0.1) is 20.3 Å². The summed E-state index contributed by atoms with van der Waals surface area (Å²) in [6, 6.07) is 17.1. The van der Waals surface area contributed by atoms with E-state index in [-0.39, 0.29) is 0 Å². The van der Waals surface area contributed by atoms with Crippen molar-refractivity contribution in [1.29, 1.82) is 0 Å². The molecule has 0 unspecified atom stereocenters. The van der Waals surface area contributed by atoms with Crippen LogP contribution in [0, 0.1) is 0 Å². The Balaban J connectivity index is 1.34. The Morgan fingerprint density at radius 2 is 1.68 bits per heavy atom. The van der Waals surface area contributed by atoms with Gasteiger partial charge in [0.1, 0.15) is 11.6 Å². The minimum Gasteiger partial charge on any atom is -0.497 e. The summed E-state index contributed by atoms with van der Waals surface area (Å²) in [5.74, 6) is 3.73. The predicted molar refractivity (Wildman–Crippen MR) is 128 cm³/mol. The lowest BCUT2D eigenvalue weighted by atomic mass is 10.1. The molecule has 9 heteroatoms. The molecule has 0 saturated heterocycles. The number of nitrogens with one attached hydrogen (secondary N) is 1. The molecule has 2 aromatic heterocycles. The third kappa shape index (κ3) is 5.61. The first-order valence-electron chi connectivity index (χ1n) is 11.1. The third-order valence-corrected chi connectivity index (χ3v) is 4.99. The number of benzene rings is 2. The molecule has 0 aliphatic heterocycles. The number of anilines is 1. The summed E-state index contributed by atoms with van der Waals surface area (Å²) in [6.45, 7) is 5.79. The highest BCUT2D eigenvalue weighted by Gasteiger charge is 2.13. The van der Waals surface area contributed by atoms with Crippen LogP contribution in [0.25, 0.3) is 23.0 Å². The van der Waals surface area contributed by atoms with Crippen LogP contribution < -0.4 is 19.5 Å². The molecule has 0 atom stereocenters. The van der Waals surface area contributed by atoms with Crippen molar-refractivity contribution >= 4 is 5.82 Å². The Morgan fingerprint density at radius 3 is 2.38 bits per heavy atom. The van der Waals surface area contributed by atoms with Gasteiger partial charge < -0.3 is 24.1 Å². The average molecular weight is 462 g/mol. The van der Waals surface area contributed by atoms with E-state index in [1.165, 1.54) is 0 Å². The van der Waals surface area contributed by atoms with Gasteiger partial charge in [-0.1, -0.05) is 11.2 Å². The number of hydrogen-bond acceptors (Lipinski definition) is 9. The Labute approximate surface area is 198 Å². The largest absolute Gasteiger partial charge is 0.497 e. The fraction of sp³-hybridized carbons (Fsp3) is 0.280. The van der Waals surface area contributed by atoms with Crippen molar-refractivity contribution in [2.24, 2.45) is 0 Å². The molecule has 0 bridgehead atoms. The van der Waals surface area contributed by atoms with Gasteiger partial charge in [-0.2, -0.15) is 4.98 Å². The van der Waals surface area contributed by atoms with Crippen molar-refractivity contribution in [3.05, 3.63) is 60.2 Å². The van der Waals surface area contributed by atoms with Gasteiger partial charge in [0.15, 0.2) is 17.2 Å². The van der Waals surface area contributed by atoms with Crippen LogP contribution in [0.2, 0.25) is 0 Å².